The first-order chi connectivity index (χ1) is 11.6. The maximum atomic E-state index is 12.1. The van der Waals surface area contributed by atoms with Crippen molar-refractivity contribution < 1.29 is 4.79 Å². The lowest BCUT2D eigenvalue weighted by Crippen LogP contribution is -2.29. The molecule has 0 radical (unpaired) electrons. The van der Waals surface area contributed by atoms with E-state index in [2.05, 4.69) is 43.6 Å². The summed E-state index contributed by atoms with van der Waals surface area (Å²) in [7, 11) is 0. The number of benzene rings is 2. The van der Waals surface area contributed by atoms with Crippen molar-refractivity contribution in [3.8, 4) is 0 Å². The maximum Gasteiger partial charge on any atom is 0.323 e. The molecule has 2 amide bonds. The molecule has 2 N–H and O–H groups in total. The monoisotopic (exact) mass is 387 g/mol. The predicted molar refractivity (Wildman–Crippen MR) is 104 cm³/mol. The van der Waals surface area contributed by atoms with Gasteiger partial charge in [-0.1, -0.05) is 22.0 Å². The van der Waals surface area contributed by atoms with Gasteiger partial charge in [0.15, 0.2) is 0 Å². The second-order valence-electron chi connectivity index (χ2n) is 6.14. The molecular formula is C19H22BrN3O. The zero-order chi connectivity index (χ0) is 16.9. The molecule has 0 aliphatic carbocycles. The Morgan fingerprint density at radius 1 is 0.958 bits per heavy atom. The number of halogens is 1. The van der Waals surface area contributed by atoms with Gasteiger partial charge in [-0.3, -0.25) is 0 Å². The predicted octanol–water partition coefficient (Wildman–Crippen LogP) is 5.39. The van der Waals surface area contributed by atoms with Gasteiger partial charge in [0.05, 0.1) is 0 Å². The van der Waals surface area contributed by atoms with Crippen LogP contribution in [0.5, 0.6) is 0 Å². The van der Waals surface area contributed by atoms with Crippen LogP contribution in [0, 0.1) is 6.92 Å². The minimum absolute atomic E-state index is 0.239. The average Bonchev–Trinajstić information content (AvgIpc) is 2.59. The van der Waals surface area contributed by atoms with Gasteiger partial charge in [0.2, 0.25) is 0 Å². The molecule has 1 saturated heterocycles. The van der Waals surface area contributed by atoms with Crippen LogP contribution in [0.15, 0.2) is 46.9 Å². The molecule has 0 aromatic heterocycles. The van der Waals surface area contributed by atoms with Crippen LogP contribution in [0.3, 0.4) is 0 Å². The molecule has 0 spiro atoms. The Balaban J connectivity index is 1.58. The number of anilines is 3. The van der Waals surface area contributed by atoms with Crippen molar-refractivity contribution in [3.05, 3.63) is 52.5 Å². The lowest BCUT2D eigenvalue weighted by atomic mass is 10.1. The highest BCUT2D eigenvalue weighted by Crippen LogP contribution is 2.23. The molecule has 1 aliphatic heterocycles. The van der Waals surface area contributed by atoms with Crippen molar-refractivity contribution in [2.75, 3.05) is 28.6 Å². The quantitative estimate of drug-likeness (QED) is 0.740. The number of hydrogen-bond donors (Lipinski definition) is 2. The first-order valence-electron chi connectivity index (χ1n) is 8.31. The molecule has 0 unspecified atom stereocenters. The third-order valence-corrected chi connectivity index (χ3v) is 5.13. The number of nitrogens with one attached hydrogen (secondary N) is 2. The number of carbonyl (C=O) groups is 1. The topological polar surface area (TPSA) is 44.4 Å². The van der Waals surface area contributed by atoms with E-state index in [-0.39, 0.29) is 6.03 Å². The highest BCUT2D eigenvalue weighted by atomic mass is 79.9. The van der Waals surface area contributed by atoms with Gasteiger partial charge in [-0.15, -0.1) is 0 Å². The third kappa shape index (κ3) is 4.29. The second kappa shape index (κ2) is 7.71. The van der Waals surface area contributed by atoms with E-state index in [1.54, 1.807) is 0 Å². The lowest BCUT2D eigenvalue weighted by Gasteiger charge is -2.28. The van der Waals surface area contributed by atoms with Gasteiger partial charge >= 0.3 is 6.03 Å². The molecule has 1 aliphatic rings. The molecule has 24 heavy (non-hydrogen) atoms. The molecule has 0 saturated carbocycles. The van der Waals surface area contributed by atoms with Gasteiger partial charge in [0.25, 0.3) is 0 Å². The smallest absolute Gasteiger partial charge is 0.323 e. The summed E-state index contributed by atoms with van der Waals surface area (Å²) in [6, 6.07) is 13.6. The van der Waals surface area contributed by atoms with Crippen molar-refractivity contribution in [1.29, 1.82) is 0 Å². The number of hydrogen-bond acceptors (Lipinski definition) is 2. The normalized spacial score (nSPS) is 14.3. The standard InChI is InChI=1S/C19H22BrN3O/c1-14-5-6-16(13-18(14)20)22-19(24)21-15-7-9-17(10-8-15)23-11-3-2-4-12-23/h5-10,13H,2-4,11-12H2,1H3,(H2,21,22,24). The number of rotatable bonds is 3. The third-order valence-electron chi connectivity index (χ3n) is 4.28. The molecular weight excluding hydrogens is 366 g/mol. The summed E-state index contributed by atoms with van der Waals surface area (Å²) in [6.45, 7) is 4.25. The summed E-state index contributed by atoms with van der Waals surface area (Å²) in [6.07, 6.45) is 3.84. The van der Waals surface area contributed by atoms with Gasteiger partial charge in [-0.05, 0) is 68.1 Å². The fraction of sp³-hybridized carbons (Fsp3) is 0.316. The van der Waals surface area contributed by atoms with E-state index < -0.39 is 0 Å². The van der Waals surface area contributed by atoms with Crippen molar-refractivity contribution in [2.45, 2.75) is 26.2 Å². The van der Waals surface area contributed by atoms with Crippen molar-refractivity contribution in [2.24, 2.45) is 0 Å². The van der Waals surface area contributed by atoms with Crippen LogP contribution in [0.25, 0.3) is 0 Å². The van der Waals surface area contributed by atoms with Crippen molar-refractivity contribution >= 4 is 39.0 Å². The van der Waals surface area contributed by atoms with Crippen LogP contribution in [-0.2, 0) is 0 Å². The zero-order valence-electron chi connectivity index (χ0n) is 13.8. The van der Waals surface area contributed by atoms with E-state index in [0.29, 0.717) is 0 Å². The minimum Gasteiger partial charge on any atom is -0.372 e. The zero-order valence-corrected chi connectivity index (χ0v) is 15.4. The lowest BCUT2D eigenvalue weighted by molar-refractivity contribution is 0.262. The van der Waals surface area contributed by atoms with E-state index in [9.17, 15) is 4.79 Å². The van der Waals surface area contributed by atoms with Crippen LogP contribution in [0.4, 0.5) is 21.9 Å². The van der Waals surface area contributed by atoms with Crippen LogP contribution in [0.2, 0.25) is 0 Å². The summed E-state index contributed by atoms with van der Waals surface area (Å²) >= 11 is 3.47. The Morgan fingerprint density at radius 3 is 2.25 bits per heavy atom. The number of amides is 2. The van der Waals surface area contributed by atoms with E-state index in [4.69, 9.17) is 0 Å². The first kappa shape index (κ1) is 16.8. The number of carbonyl (C=O) groups excluding carboxylic acids is 1. The molecule has 5 heteroatoms. The molecule has 1 heterocycles. The summed E-state index contributed by atoms with van der Waals surface area (Å²) in [5, 5.41) is 5.72. The number of aryl methyl sites for hydroxylation is 1. The van der Waals surface area contributed by atoms with Crippen LogP contribution < -0.4 is 15.5 Å². The fourth-order valence-electron chi connectivity index (χ4n) is 2.87. The average molecular weight is 388 g/mol. The van der Waals surface area contributed by atoms with Crippen LogP contribution in [0.1, 0.15) is 24.8 Å². The van der Waals surface area contributed by atoms with E-state index >= 15 is 0 Å². The number of piperidine rings is 1. The van der Waals surface area contributed by atoms with Gasteiger partial charge in [-0.25, -0.2) is 4.79 Å². The summed E-state index contributed by atoms with van der Waals surface area (Å²) < 4.78 is 0.978. The molecule has 2 aromatic rings. The van der Waals surface area contributed by atoms with Crippen molar-refractivity contribution in [3.63, 3.8) is 0 Å². The Kier molecular flexibility index (Phi) is 5.41. The molecule has 3 rings (SSSR count). The Labute approximate surface area is 151 Å². The molecule has 126 valence electrons. The Bertz CT molecular complexity index is 709. The molecule has 4 nitrogen and oxygen atoms in total. The van der Waals surface area contributed by atoms with Crippen LogP contribution in [-0.4, -0.2) is 19.1 Å². The van der Waals surface area contributed by atoms with Crippen molar-refractivity contribution in [1.82, 2.24) is 0 Å². The molecule has 1 fully saturated rings. The van der Waals surface area contributed by atoms with Gasteiger partial charge < -0.3 is 15.5 Å². The molecule has 2 aromatic carbocycles. The van der Waals surface area contributed by atoms with E-state index in [1.165, 1.54) is 24.9 Å². The Hall–Kier alpha value is -2.01. The maximum absolute atomic E-state index is 12.1. The van der Waals surface area contributed by atoms with E-state index in [0.717, 1.165) is 34.5 Å². The highest BCUT2D eigenvalue weighted by Gasteiger charge is 2.11. The Morgan fingerprint density at radius 2 is 1.58 bits per heavy atom. The first-order valence-corrected chi connectivity index (χ1v) is 9.10. The summed E-state index contributed by atoms with van der Waals surface area (Å²) in [5.41, 5.74) is 3.91. The summed E-state index contributed by atoms with van der Waals surface area (Å²) in [4.78, 5) is 14.5. The van der Waals surface area contributed by atoms with Gasteiger partial charge in [-0.2, -0.15) is 0 Å². The molecule has 0 bridgehead atoms. The SMILES string of the molecule is Cc1ccc(NC(=O)Nc2ccc(N3CCCCC3)cc2)cc1Br. The minimum atomic E-state index is -0.239. The van der Waals surface area contributed by atoms with Gasteiger partial charge in [0.1, 0.15) is 0 Å². The number of nitrogens with zero attached hydrogens (tertiary/aromatic N) is 1. The largest absolute Gasteiger partial charge is 0.372 e. The van der Waals surface area contributed by atoms with Gasteiger partial charge in [0, 0.05) is 34.6 Å². The second-order valence-corrected chi connectivity index (χ2v) is 6.99. The number of urea groups is 1. The van der Waals surface area contributed by atoms with Crippen LogP contribution >= 0.6 is 15.9 Å². The fourth-order valence-corrected chi connectivity index (χ4v) is 3.25. The molecule has 0 atom stereocenters. The summed E-state index contributed by atoms with van der Waals surface area (Å²) in [5.74, 6) is 0. The van der Waals surface area contributed by atoms with E-state index in [1.807, 2.05) is 37.3 Å². The highest BCUT2D eigenvalue weighted by molar-refractivity contribution is 9.10.